The van der Waals surface area contributed by atoms with E-state index in [1.807, 2.05) is 0 Å². The third kappa shape index (κ3) is 34.5. The van der Waals surface area contributed by atoms with Gasteiger partial charge in [0.05, 0.1) is 0 Å². The van der Waals surface area contributed by atoms with E-state index in [2.05, 4.69) is 0 Å². The van der Waals surface area contributed by atoms with Crippen LogP contribution in [0.3, 0.4) is 0 Å². The van der Waals surface area contributed by atoms with Crippen LogP contribution in [0.4, 0.5) is 0 Å². The maximum atomic E-state index is 8.11. The Labute approximate surface area is 101 Å². The molecule has 0 heterocycles. The Morgan fingerprint density at radius 3 is 1.33 bits per heavy atom. The van der Waals surface area contributed by atoms with Crippen molar-refractivity contribution in [3.8, 4) is 0 Å². The first-order chi connectivity index (χ1) is 1.41. The minimum atomic E-state index is 0. The monoisotopic (exact) mass is 167 g/mol. The third-order valence-electron chi connectivity index (χ3n) is 0. The molecule has 0 aliphatic heterocycles. The van der Waals surface area contributed by atoms with E-state index in [9.17, 15) is 0 Å². The van der Waals surface area contributed by atoms with Gasteiger partial charge in [-0.15, -0.1) is 17.3 Å². The molecule has 1 N–H and O–H groups in total. The molecule has 0 unspecified atom stereocenters. The Kier molecular flexibility index (Phi) is 108. The normalized spacial score (nSPS) is 2.00. The second-order valence-corrected chi connectivity index (χ2v) is 0.0816. The molecule has 0 aliphatic carbocycles. The van der Waals surface area contributed by atoms with Crippen molar-refractivity contribution in [3.63, 3.8) is 0 Å². The van der Waals surface area contributed by atoms with Gasteiger partial charge in [0.2, 0.25) is 0 Å². The first kappa shape index (κ1) is 24.1. The molecule has 0 amide bonds. The molecular formula is H6Ca2ClNO2. The van der Waals surface area contributed by atoms with Gasteiger partial charge in [-0.2, -0.15) is 0 Å². The number of nitrogens with zero attached hydrogens (tertiary/aromatic N) is 1. The van der Waals surface area contributed by atoms with Crippen LogP contribution >= 0.6 is 12.4 Å². The molecular weight excluding hydrogens is 162 g/mol. The molecule has 0 aliphatic rings. The summed E-state index contributed by atoms with van der Waals surface area (Å²) < 4.78 is 0. The summed E-state index contributed by atoms with van der Waals surface area (Å²) in [6.07, 6.45) is 0. The van der Waals surface area contributed by atoms with Gasteiger partial charge in [-0.05, 0) is 0 Å². The molecule has 6 heavy (non-hydrogen) atoms. The Morgan fingerprint density at radius 1 is 1.33 bits per heavy atom. The average molecular weight is 168 g/mol. The van der Waals surface area contributed by atoms with Gasteiger partial charge in [0.1, 0.15) is 0 Å². The van der Waals surface area contributed by atoms with Gasteiger partial charge >= 0.3 is 75.5 Å². The molecule has 0 aromatic carbocycles. The zero-order valence-corrected chi connectivity index (χ0v) is 2.53. The first-order valence-electron chi connectivity index (χ1n) is 0.383. The van der Waals surface area contributed by atoms with E-state index in [0.29, 0.717) is 0 Å². The van der Waals surface area contributed by atoms with Crippen LogP contribution in [0.5, 0.6) is 0 Å². The predicted octanol–water partition coefficient (Wildman–Crippen LogP) is -1.27. The molecule has 0 rings (SSSR count). The summed E-state index contributed by atoms with van der Waals surface area (Å²) in [4.78, 5) is 8.11. The summed E-state index contributed by atoms with van der Waals surface area (Å²) in [5.74, 6) is 0. The minimum absolute atomic E-state index is 0. The van der Waals surface area contributed by atoms with E-state index in [4.69, 9.17) is 10.1 Å². The molecule has 0 atom stereocenters. The second-order valence-electron chi connectivity index (χ2n) is 0.0816. The third-order valence-corrected chi connectivity index (χ3v) is 0. The van der Waals surface area contributed by atoms with Crippen LogP contribution in [-0.4, -0.2) is 80.7 Å². The van der Waals surface area contributed by atoms with Gasteiger partial charge in [-0.3, -0.25) is 0 Å². The van der Waals surface area contributed by atoms with E-state index in [1.165, 1.54) is 5.34 Å². The zero-order valence-electron chi connectivity index (χ0n) is 1.71. The predicted molar refractivity (Wildman–Crippen MR) is 31.9 cm³/mol. The summed E-state index contributed by atoms with van der Waals surface area (Å²) in [7, 11) is 0. The quantitative estimate of drug-likeness (QED) is 0.278. The van der Waals surface area contributed by atoms with Gasteiger partial charge < -0.3 is 5.21 Å². The first-order valence-corrected chi connectivity index (χ1v) is 0.383. The molecule has 0 radical (unpaired) electrons. The molecule has 0 saturated heterocycles. The zero-order chi connectivity index (χ0) is 2.71. The standard InChI is InChI=1S/2Ca.ClH.HNO2.4H/c;;;2-1-3;;;;/h;;1H;(H,2,3);;;;. The fourth-order valence-corrected chi connectivity index (χ4v) is 0. The summed E-state index contributed by atoms with van der Waals surface area (Å²) in [6.45, 7) is 0. The van der Waals surface area contributed by atoms with Crippen LogP contribution in [-0.2, 0) is 0 Å². The Balaban J connectivity index is -0.00000000667. The number of hydrogen-bond donors (Lipinski definition) is 1. The summed E-state index contributed by atoms with van der Waals surface area (Å²) in [6, 6.07) is 0. The number of halogens is 1. The number of hydrogen-bond acceptors (Lipinski definition) is 2. The Bertz CT molecular complexity index is 19.0. The van der Waals surface area contributed by atoms with E-state index in [-0.39, 0.29) is 87.9 Å². The fraction of sp³-hybridized carbons (Fsp3) is 0. The summed E-state index contributed by atoms with van der Waals surface area (Å²) >= 11 is 0. The Morgan fingerprint density at radius 2 is 1.33 bits per heavy atom. The molecule has 3 nitrogen and oxygen atoms in total. The molecule has 6 heteroatoms. The van der Waals surface area contributed by atoms with Crippen LogP contribution in [0.15, 0.2) is 5.34 Å². The van der Waals surface area contributed by atoms with Gasteiger partial charge in [-0.1, -0.05) is 0 Å². The van der Waals surface area contributed by atoms with Crippen LogP contribution in [0, 0.1) is 4.91 Å². The second kappa shape index (κ2) is 27.0. The van der Waals surface area contributed by atoms with Crippen molar-refractivity contribution in [1.82, 2.24) is 0 Å². The van der Waals surface area contributed by atoms with E-state index >= 15 is 0 Å². The van der Waals surface area contributed by atoms with Crippen molar-refractivity contribution in [2.24, 2.45) is 5.34 Å². The summed E-state index contributed by atoms with van der Waals surface area (Å²) in [5, 5.41) is 7.89. The maximum absolute atomic E-state index is 8.11. The van der Waals surface area contributed by atoms with Gasteiger partial charge in [0, 0.05) is 0 Å². The average Bonchev–Trinajstić information content (AvgIpc) is 0.918. The van der Waals surface area contributed by atoms with E-state index < -0.39 is 0 Å². The SMILES string of the molecule is Cl.O=NO.[CaH2].[CaH2]. The van der Waals surface area contributed by atoms with Crippen LogP contribution < -0.4 is 0 Å². The molecule has 0 spiro atoms. The van der Waals surface area contributed by atoms with Gasteiger partial charge in [-0.25, -0.2) is 0 Å². The molecule has 0 saturated carbocycles. The van der Waals surface area contributed by atoms with Crippen molar-refractivity contribution >= 4 is 87.9 Å². The topological polar surface area (TPSA) is 49.7 Å². The van der Waals surface area contributed by atoms with Crippen molar-refractivity contribution in [1.29, 1.82) is 0 Å². The van der Waals surface area contributed by atoms with Crippen molar-refractivity contribution in [3.05, 3.63) is 4.91 Å². The Hall–Kier alpha value is 2.21. The van der Waals surface area contributed by atoms with Gasteiger partial charge in [0.25, 0.3) is 0 Å². The van der Waals surface area contributed by atoms with Crippen LogP contribution in [0.2, 0.25) is 0 Å². The molecule has 0 aromatic heterocycles. The summed E-state index contributed by atoms with van der Waals surface area (Å²) in [5.41, 5.74) is 0. The van der Waals surface area contributed by atoms with Crippen molar-refractivity contribution in [2.45, 2.75) is 0 Å². The van der Waals surface area contributed by atoms with Crippen molar-refractivity contribution < 1.29 is 5.21 Å². The van der Waals surface area contributed by atoms with Crippen LogP contribution in [0.25, 0.3) is 0 Å². The molecule has 34 valence electrons. The van der Waals surface area contributed by atoms with E-state index in [1.54, 1.807) is 0 Å². The van der Waals surface area contributed by atoms with Crippen molar-refractivity contribution in [2.75, 3.05) is 0 Å². The molecule has 0 aromatic rings. The van der Waals surface area contributed by atoms with Crippen LogP contribution in [0.1, 0.15) is 0 Å². The molecule has 0 fully saturated rings. The fourth-order valence-electron chi connectivity index (χ4n) is 0. The van der Waals surface area contributed by atoms with E-state index in [0.717, 1.165) is 0 Å². The van der Waals surface area contributed by atoms with Gasteiger partial charge in [0.15, 0.2) is 5.34 Å². The molecule has 0 bridgehead atoms. The number of rotatable bonds is 0.